The molecule has 0 radical (unpaired) electrons. The van der Waals surface area contributed by atoms with Crippen molar-refractivity contribution in [3.8, 4) is 5.75 Å². The van der Waals surface area contributed by atoms with Crippen LogP contribution in [0.15, 0.2) is 18.2 Å². The van der Waals surface area contributed by atoms with Crippen LogP contribution in [0.25, 0.3) is 0 Å². The van der Waals surface area contributed by atoms with Crippen molar-refractivity contribution < 1.29 is 22.8 Å². The number of nitrogens with two attached hydrogens (primary N) is 1. The first-order valence-electron chi connectivity index (χ1n) is 3.85. The molecule has 0 bridgehead atoms. The third kappa shape index (κ3) is 2.73. The molecule has 0 heterocycles. The van der Waals surface area contributed by atoms with Crippen LogP contribution in [0.4, 0.5) is 24.5 Å². The van der Waals surface area contributed by atoms with Crippen molar-refractivity contribution >= 4 is 11.4 Å². The molecule has 9 heteroatoms. The number of nitrogen functional groups attached to an aromatic ring is 1. The number of hydrogen-bond acceptors (Lipinski definition) is 5. The maximum atomic E-state index is 11.9. The van der Waals surface area contributed by atoms with E-state index in [0.717, 1.165) is 18.2 Å². The minimum Gasteiger partial charge on any atom is -0.403 e. The average Bonchev–Trinajstić information content (AvgIpc) is 2.14. The van der Waals surface area contributed by atoms with Gasteiger partial charge in [-0.25, -0.2) is 0 Å². The van der Waals surface area contributed by atoms with E-state index < -0.39 is 28.4 Å². The molecule has 0 aliphatic carbocycles. The highest BCUT2D eigenvalue weighted by Crippen LogP contribution is 2.36. The third-order valence-electron chi connectivity index (χ3n) is 1.57. The van der Waals surface area contributed by atoms with E-state index in [1.165, 1.54) is 0 Å². The molecular weight excluding hydrogens is 231 g/mol. The number of para-hydroxylation sites is 1. The Balaban J connectivity index is 3.19. The van der Waals surface area contributed by atoms with Crippen molar-refractivity contribution in [2.45, 2.75) is 6.36 Å². The van der Waals surface area contributed by atoms with Crippen molar-refractivity contribution in [1.29, 1.82) is 0 Å². The Kier molecular flexibility index (Phi) is 3.18. The molecule has 1 rings (SSSR count). The number of hydrogen-bond donors (Lipinski definition) is 2. The minimum atomic E-state index is -4.94. The second-order valence-corrected chi connectivity index (χ2v) is 2.60. The van der Waals surface area contributed by atoms with E-state index in [9.17, 15) is 23.3 Å². The summed E-state index contributed by atoms with van der Waals surface area (Å²) in [4.78, 5) is 9.60. The fourth-order valence-corrected chi connectivity index (χ4v) is 1.03. The molecule has 0 aliphatic heterocycles. The number of halogens is 3. The molecular formula is C7H6F3N3O3. The summed E-state index contributed by atoms with van der Waals surface area (Å²) < 4.78 is 39.4. The number of nitro benzene ring substituents is 1. The van der Waals surface area contributed by atoms with Crippen LogP contribution in [0.3, 0.4) is 0 Å². The number of ether oxygens (including phenoxy) is 1. The Bertz CT molecular complexity index is 408. The highest BCUT2D eigenvalue weighted by Gasteiger charge is 2.33. The van der Waals surface area contributed by atoms with Gasteiger partial charge in [0, 0.05) is 6.07 Å². The molecule has 0 amide bonds. The summed E-state index contributed by atoms with van der Waals surface area (Å²) in [5.41, 5.74) is 0.657. The lowest BCUT2D eigenvalue weighted by Gasteiger charge is -2.12. The van der Waals surface area contributed by atoms with E-state index >= 15 is 0 Å². The van der Waals surface area contributed by atoms with E-state index in [4.69, 9.17) is 5.84 Å². The summed E-state index contributed by atoms with van der Waals surface area (Å²) in [5.74, 6) is 4.15. The van der Waals surface area contributed by atoms with Crippen LogP contribution in [0.5, 0.6) is 5.75 Å². The molecule has 0 aromatic heterocycles. The lowest BCUT2D eigenvalue weighted by atomic mass is 10.2. The molecule has 0 aliphatic rings. The van der Waals surface area contributed by atoms with E-state index in [2.05, 4.69) is 4.74 Å². The van der Waals surface area contributed by atoms with Crippen LogP contribution in [-0.4, -0.2) is 11.3 Å². The van der Waals surface area contributed by atoms with Gasteiger partial charge in [0.05, 0.1) is 4.92 Å². The van der Waals surface area contributed by atoms with Crippen molar-refractivity contribution in [3.63, 3.8) is 0 Å². The lowest BCUT2D eigenvalue weighted by Crippen LogP contribution is -2.19. The molecule has 0 fully saturated rings. The van der Waals surface area contributed by atoms with Crippen LogP contribution in [-0.2, 0) is 0 Å². The predicted molar refractivity (Wildman–Crippen MR) is 47.6 cm³/mol. The topological polar surface area (TPSA) is 90.4 Å². The molecule has 88 valence electrons. The molecule has 0 saturated carbocycles. The molecule has 0 spiro atoms. The zero-order chi connectivity index (χ0) is 12.3. The van der Waals surface area contributed by atoms with Crippen LogP contribution in [0.2, 0.25) is 0 Å². The summed E-state index contributed by atoms with van der Waals surface area (Å²) in [6, 6.07) is 2.97. The van der Waals surface area contributed by atoms with Crippen molar-refractivity contribution in [1.82, 2.24) is 0 Å². The van der Waals surface area contributed by atoms with Crippen LogP contribution >= 0.6 is 0 Å². The summed E-state index contributed by atoms with van der Waals surface area (Å²) in [5, 5.41) is 10.5. The van der Waals surface area contributed by atoms with Gasteiger partial charge in [-0.2, -0.15) is 0 Å². The van der Waals surface area contributed by atoms with Gasteiger partial charge in [-0.3, -0.25) is 16.0 Å². The first-order valence-corrected chi connectivity index (χ1v) is 3.85. The van der Waals surface area contributed by atoms with Gasteiger partial charge in [0.1, 0.15) is 0 Å². The Morgan fingerprint density at radius 2 is 2.06 bits per heavy atom. The van der Waals surface area contributed by atoms with Crippen molar-refractivity contribution in [2.75, 3.05) is 5.43 Å². The number of nitrogens with one attached hydrogen (secondary N) is 1. The summed E-state index contributed by atoms with van der Waals surface area (Å²) in [7, 11) is 0. The van der Waals surface area contributed by atoms with Gasteiger partial charge >= 0.3 is 6.36 Å². The fourth-order valence-electron chi connectivity index (χ4n) is 1.03. The van der Waals surface area contributed by atoms with E-state index in [1.54, 1.807) is 5.43 Å². The van der Waals surface area contributed by atoms with Crippen molar-refractivity contribution in [2.24, 2.45) is 5.84 Å². The van der Waals surface area contributed by atoms with E-state index in [-0.39, 0.29) is 0 Å². The number of nitro groups is 1. The fraction of sp³-hybridized carbons (Fsp3) is 0.143. The van der Waals surface area contributed by atoms with Gasteiger partial charge in [0.2, 0.25) is 0 Å². The van der Waals surface area contributed by atoms with E-state index in [0.29, 0.717) is 0 Å². The molecule has 0 saturated heterocycles. The van der Waals surface area contributed by atoms with Gasteiger partial charge in [0.25, 0.3) is 5.69 Å². The van der Waals surface area contributed by atoms with Gasteiger partial charge in [-0.05, 0) is 6.07 Å². The maximum Gasteiger partial charge on any atom is 0.573 e. The Labute approximate surface area is 86.9 Å². The predicted octanol–water partition coefficient (Wildman–Crippen LogP) is 1.78. The molecule has 0 atom stereocenters. The van der Waals surface area contributed by atoms with Crippen molar-refractivity contribution in [3.05, 3.63) is 28.3 Å². The smallest absolute Gasteiger partial charge is 0.403 e. The number of hydrazine groups is 1. The quantitative estimate of drug-likeness (QED) is 0.475. The first kappa shape index (κ1) is 12.0. The number of benzene rings is 1. The van der Waals surface area contributed by atoms with E-state index in [1.807, 2.05) is 0 Å². The van der Waals surface area contributed by atoms with Gasteiger partial charge < -0.3 is 10.2 Å². The Hall–Kier alpha value is -2.03. The number of nitrogens with zero attached hydrogens (tertiary/aromatic N) is 1. The first-order chi connectivity index (χ1) is 7.35. The highest BCUT2D eigenvalue weighted by atomic mass is 19.4. The summed E-state index contributed by atoms with van der Waals surface area (Å²) in [6.07, 6.45) is -4.94. The number of anilines is 1. The molecule has 1 aromatic rings. The van der Waals surface area contributed by atoms with Crippen LogP contribution in [0, 0.1) is 10.1 Å². The number of alkyl halides is 3. The van der Waals surface area contributed by atoms with Gasteiger partial charge in [0.15, 0.2) is 11.4 Å². The third-order valence-corrected chi connectivity index (χ3v) is 1.57. The molecule has 1 aromatic carbocycles. The van der Waals surface area contributed by atoms with Crippen LogP contribution < -0.4 is 16.0 Å². The summed E-state index contributed by atoms with van der Waals surface area (Å²) in [6.45, 7) is 0. The lowest BCUT2D eigenvalue weighted by molar-refractivity contribution is -0.384. The molecule has 3 N–H and O–H groups in total. The Morgan fingerprint density at radius 1 is 1.44 bits per heavy atom. The summed E-state index contributed by atoms with van der Waals surface area (Å²) >= 11 is 0. The normalized spacial score (nSPS) is 11.0. The largest absolute Gasteiger partial charge is 0.573 e. The van der Waals surface area contributed by atoms with Crippen LogP contribution in [0.1, 0.15) is 0 Å². The highest BCUT2D eigenvalue weighted by molar-refractivity contribution is 5.69. The SMILES string of the molecule is NNc1c(OC(F)(F)F)cccc1[N+](=O)[O-]. The molecule has 16 heavy (non-hydrogen) atoms. The maximum absolute atomic E-state index is 11.9. The standard InChI is InChI=1S/C7H6F3N3O3/c8-7(9,10)16-5-3-1-2-4(13(14)15)6(5)12-11/h1-3,12H,11H2. The molecule has 0 unspecified atom stereocenters. The second-order valence-electron chi connectivity index (χ2n) is 2.60. The number of rotatable bonds is 3. The van der Waals surface area contributed by atoms with Gasteiger partial charge in [-0.15, -0.1) is 13.2 Å². The zero-order valence-corrected chi connectivity index (χ0v) is 7.62. The average molecular weight is 237 g/mol. The Morgan fingerprint density at radius 3 is 2.50 bits per heavy atom. The monoisotopic (exact) mass is 237 g/mol. The molecule has 6 nitrogen and oxygen atoms in total. The van der Waals surface area contributed by atoms with Gasteiger partial charge in [-0.1, -0.05) is 6.07 Å². The zero-order valence-electron chi connectivity index (χ0n) is 7.62. The minimum absolute atomic E-state index is 0.537. The second kappa shape index (κ2) is 4.23.